The number of ether oxygens (including phenoxy) is 1. The lowest BCUT2D eigenvalue weighted by Gasteiger charge is -2.18. The summed E-state index contributed by atoms with van der Waals surface area (Å²) in [5.41, 5.74) is 0. The van der Waals surface area contributed by atoms with Gasteiger partial charge in [0.25, 0.3) is 0 Å². The number of hydrogen-bond donors (Lipinski definition) is 0. The first-order valence-corrected chi connectivity index (χ1v) is 3.28. The third kappa shape index (κ3) is 1.48. The highest BCUT2D eigenvalue weighted by molar-refractivity contribution is 4.76. The van der Waals surface area contributed by atoms with Gasteiger partial charge in [-0.15, -0.1) is 0 Å². The van der Waals surface area contributed by atoms with E-state index in [9.17, 15) is 0 Å². The van der Waals surface area contributed by atoms with Gasteiger partial charge < -0.3 is 4.74 Å². The van der Waals surface area contributed by atoms with Crippen LogP contribution in [0.25, 0.3) is 0 Å². The summed E-state index contributed by atoms with van der Waals surface area (Å²) >= 11 is 0. The maximum Gasteiger partial charge on any atom is 0.0571 e. The fourth-order valence-electron chi connectivity index (χ4n) is 1.13. The van der Waals surface area contributed by atoms with E-state index in [1.165, 1.54) is 25.7 Å². The van der Waals surface area contributed by atoms with Crippen LogP contribution in [0, 0.1) is 6.42 Å². The first-order valence-electron chi connectivity index (χ1n) is 3.28. The van der Waals surface area contributed by atoms with Crippen molar-refractivity contribution < 1.29 is 4.74 Å². The quantitative estimate of drug-likeness (QED) is 0.503. The Bertz CT molecular complexity index is 55.4. The molecule has 8 heavy (non-hydrogen) atoms. The SMILES string of the molecule is COC1CC[CH]CC1. The van der Waals surface area contributed by atoms with Crippen LogP contribution in [0.15, 0.2) is 0 Å². The van der Waals surface area contributed by atoms with Crippen LogP contribution in [-0.2, 0) is 4.74 Å². The summed E-state index contributed by atoms with van der Waals surface area (Å²) < 4.78 is 5.17. The lowest BCUT2D eigenvalue weighted by atomic mass is 9.98. The van der Waals surface area contributed by atoms with Crippen molar-refractivity contribution in [3.05, 3.63) is 6.42 Å². The zero-order valence-electron chi connectivity index (χ0n) is 5.39. The minimum Gasteiger partial charge on any atom is -0.381 e. The van der Waals surface area contributed by atoms with E-state index in [1.54, 1.807) is 7.11 Å². The van der Waals surface area contributed by atoms with E-state index in [-0.39, 0.29) is 0 Å². The zero-order valence-corrected chi connectivity index (χ0v) is 5.39. The molecule has 0 atom stereocenters. The zero-order chi connectivity index (χ0) is 5.82. The molecule has 1 rings (SSSR count). The van der Waals surface area contributed by atoms with Gasteiger partial charge in [-0.1, -0.05) is 0 Å². The van der Waals surface area contributed by atoms with Crippen LogP contribution in [0.3, 0.4) is 0 Å². The molecule has 1 saturated carbocycles. The second-order valence-corrected chi connectivity index (χ2v) is 2.30. The van der Waals surface area contributed by atoms with Crippen LogP contribution in [0.1, 0.15) is 25.7 Å². The predicted octanol–water partition coefficient (Wildman–Crippen LogP) is 1.78. The molecule has 0 N–H and O–H groups in total. The maximum atomic E-state index is 5.17. The number of rotatable bonds is 1. The second-order valence-electron chi connectivity index (χ2n) is 2.30. The van der Waals surface area contributed by atoms with Gasteiger partial charge >= 0.3 is 0 Å². The predicted molar refractivity (Wildman–Crippen MR) is 33.6 cm³/mol. The molecule has 0 aromatic carbocycles. The molecule has 47 valence electrons. The molecular formula is C7H13O. The van der Waals surface area contributed by atoms with Gasteiger partial charge in [0.15, 0.2) is 0 Å². The van der Waals surface area contributed by atoms with Gasteiger partial charge in [0, 0.05) is 7.11 Å². The van der Waals surface area contributed by atoms with Gasteiger partial charge in [-0.2, -0.15) is 0 Å². The van der Waals surface area contributed by atoms with Gasteiger partial charge in [-0.3, -0.25) is 0 Å². The Labute approximate surface area is 51.0 Å². The minimum atomic E-state index is 0.556. The van der Waals surface area contributed by atoms with E-state index < -0.39 is 0 Å². The van der Waals surface area contributed by atoms with E-state index in [2.05, 4.69) is 6.42 Å². The van der Waals surface area contributed by atoms with E-state index >= 15 is 0 Å². The molecule has 1 aliphatic carbocycles. The molecule has 0 bridgehead atoms. The van der Waals surface area contributed by atoms with Crippen molar-refractivity contribution in [2.75, 3.05) is 7.11 Å². The molecule has 0 unspecified atom stereocenters. The molecule has 0 aromatic rings. The molecule has 0 aliphatic heterocycles. The Kier molecular flexibility index (Phi) is 2.34. The van der Waals surface area contributed by atoms with E-state index in [0.29, 0.717) is 6.10 Å². The van der Waals surface area contributed by atoms with Crippen molar-refractivity contribution in [1.82, 2.24) is 0 Å². The summed E-state index contributed by atoms with van der Waals surface area (Å²) in [5, 5.41) is 0. The summed E-state index contributed by atoms with van der Waals surface area (Å²) in [7, 11) is 1.80. The highest BCUT2D eigenvalue weighted by Gasteiger charge is 2.10. The monoisotopic (exact) mass is 113 g/mol. The van der Waals surface area contributed by atoms with Gasteiger partial charge in [-0.05, 0) is 32.1 Å². The summed E-state index contributed by atoms with van der Waals surface area (Å²) in [6.07, 6.45) is 7.86. The second kappa shape index (κ2) is 3.08. The van der Waals surface area contributed by atoms with Crippen LogP contribution in [-0.4, -0.2) is 13.2 Å². The average molecular weight is 113 g/mol. The largest absolute Gasteiger partial charge is 0.381 e. The normalized spacial score (nSPS) is 23.6. The summed E-state index contributed by atoms with van der Waals surface area (Å²) in [6, 6.07) is 0. The molecule has 0 aromatic heterocycles. The van der Waals surface area contributed by atoms with Crippen molar-refractivity contribution in [1.29, 1.82) is 0 Å². The molecule has 0 amide bonds. The Morgan fingerprint density at radius 3 is 2.38 bits per heavy atom. The summed E-state index contributed by atoms with van der Waals surface area (Å²) in [4.78, 5) is 0. The Balaban J connectivity index is 2.13. The molecule has 0 saturated heterocycles. The fourth-order valence-corrected chi connectivity index (χ4v) is 1.13. The van der Waals surface area contributed by atoms with Crippen molar-refractivity contribution in [3.63, 3.8) is 0 Å². The van der Waals surface area contributed by atoms with Crippen molar-refractivity contribution in [2.24, 2.45) is 0 Å². The Morgan fingerprint density at radius 2 is 2.00 bits per heavy atom. The summed E-state index contributed by atoms with van der Waals surface area (Å²) in [6.45, 7) is 0. The van der Waals surface area contributed by atoms with Crippen molar-refractivity contribution in [2.45, 2.75) is 31.8 Å². The highest BCUT2D eigenvalue weighted by Crippen LogP contribution is 2.18. The van der Waals surface area contributed by atoms with Crippen LogP contribution in [0.4, 0.5) is 0 Å². The van der Waals surface area contributed by atoms with Gasteiger partial charge in [-0.25, -0.2) is 0 Å². The van der Waals surface area contributed by atoms with Crippen LogP contribution in [0.5, 0.6) is 0 Å². The molecule has 1 nitrogen and oxygen atoms in total. The molecule has 0 heterocycles. The Hall–Kier alpha value is -0.0400. The maximum absolute atomic E-state index is 5.17. The van der Waals surface area contributed by atoms with E-state index in [4.69, 9.17) is 4.74 Å². The Morgan fingerprint density at radius 1 is 1.38 bits per heavy atom. The van der Waals surface area contributed by atoms with Crippen molar-refractivity contribution in [3.8, 4) is 0 Å². The molecule has 1 heteroatoms. The molecule has 1 fully saturated rings. The minimum absolute atomic E-state index is 0.556. The molecule has 1 aliphatic rings. The van der Waals surface area contributed by atoms with Gasteiger partial charge in [0.2, 0.25) is 0 Å². The molecule has 1 radical (unpaired) electrons. The number of methoxy groups -OCH3 is 1. The third-order valence-corrected chi connectivity index (χ3v) is 1.72. The lowest BCUT2D eigenvalue weighted by Crippen LogP contribution is -2.14. The highest BCUT2D eigenvalue weighted by atomic mass is 16.5. The first-order chi connectivity index (χ1) is 3.93. The summed E-state index contributed by atoms with van der Waals surface area (Å²) in [5.74, 6) is 0. The van der Waals surface area contributed by atoms with E-state index in [1.807, 2.05) is 0 Å². The first kappa shape index (κ1) is 6.09. The topological polar surface area (TPSA) is 9.23 Å². The standard InChI is InChI=1S/C7H13O/c1-8-7-5-3-2-4-6-7/h2,7H,3-6H2,1H3. The molecule has 0 spiro atoms. The smallest absolute Gasteiger partial charge is 0.0571 e. The number of hydrogen-bond acceptors (Lipinski definition) is 1. The molecular weight excluding hydrogens is 100 g/mol. The average Bonchev–Trinajstić information content (AvgIpc) is 1.90. The van der Waals surface area contributed by atoms with Crippen LogP contribution < -0.4 is 0 Å². The fraction of sp³-hybridized carbons (Fsp3) is 0.857. The van der Waals surface area contributed by atoms with Gasteiger partial charge in [0.05, 0.1) is 6.10 Å². The van der Waals surface area contributed by atoms with Crippen molar-refractivity contribution >= 4 is 0 Å². The van der Waals surface area contributed by atoms with Crippen LogP contribution >= 0.6 is 0 Å². The lowest BCUT2D eigenvalue weighted by molar-refractivity contribution is 0.0794. The van der Waals surface area contributed by atoms with Gasteiger partial charge in [0.1, 0.15) is 0 Å². The third-order valence-electron chi connectivity index (χ3n) is 1.72. The van der Waals surface area contributed by atoms with Crippen LogP contribution in [0.2, 0.25) is 0 Å². The van der Waals surface area contributed by atoms with E-state index in [0.717, 1.165) is 0 Å².